The highest BCUT2D eigenvalue weighted by Crippen LogP contribution is 2.17. The van der Waals surface area contributed by atoms with E-state index >= 15 is 0 Å². The summed E-state index contributed by atoms with van der Waals surface area (Å²) in [4.78, 5) is 27.9. The van der Waals surface area contributed by atoms with Crippen LogP contribution in [0, 0.1) is 0 Å². The Balaban J connectivity index is 1.38. The lowest BCUT2D eigenvalue weighted by molar-refractivity contribution is 0.0634. The van der Waals surface area contributed by atoms with Crippen molar-refractivity contribution in [1.29, 1.82) is 0 Å². The van der Waals surface area contributed by atoms with Crippen LogP contribution in [0.4, 0.5) is 4.79 Å². The van der Waals surface area contributed by atoms with E-state index in [-0.39, 0.29) is 11.9 Å². The number of rotatable bonds is 6. The highest BCUT2D eigenvalue weighted by molar-refractivity contribution is 5.91. The van der Waals surface area contributed by atoms with Crippen LogP contribution in [0.25, 0.3) is 0 Å². The smallest absolute Gasteiger partial charge is 0.317 e. The number of amides is 3. The topological polar surface area (TPSA) is 75.0 Å². The third-order valence-electron chi connectivity index (χ3n) is 4.58. The molecule has 3 amide bonds. The van der Waals surface area contributed by atoms with Crippen LogP contribution in [0.15, 0.2) is 47.1 Å². The van der Waals surface area contributed by atoms with Crippen LogP contribution in [0.3, 0.4) is 0 Å². The second kappa shape index (κ2) is 9.12. The van der Waals surface area contributed by atoms with Crippen LogP contribution in [0.5, 0.6) is 5.75 Å². The number of ether oxygens (including phenoxy) is 1. The fraction of sp³-hybridized carbons (Fsp3) is 0.400. The van der Waals surface area contributed by atoms with Crippen molar-refractivity contribution in [2.75, 3.05) is 39.3 Å². The van der Waals surface area contributed by atoms with Crippen molar-refractivity contribution in [3.8, 4) is 5.75 Å². The summed E-state index contributed by atoms with van der Waals surface area (Å²) in [5.74, 6) is 1.06. The molecule has 3 rings (SSSR count). The van der Waals surface area contributed by atoms with Gasteiger partial charge in [0.2, 0.25) is 0 Å². The first kappa shape index (κ1) is 18.8. The molecule has 0 saturated carbocycles. The van der Waals surface area contributed by atoms with Gasteiger partial charge in [-0.1, -0.05) is 25.1 Å². The number of piperazine rings is 1. The number of carbonyl (C=O) groups is 2. The molecule has 1 aliphatic heterocycles. The number of benzene rings is 1. The number of nitrogens with zero attached hydrogens (tertiary/aromatic N) is 2. The van der Waals surface area contributed by atoms with Crippen LogP contribution in [0.1, 0.15) is 23.0 Å². The summed E-state index contributed by atoms with van der Waals surface area (Å²) in [6.45, 7) is 4.92. The van der Waals surface area contributed by atoms with E-state index in [2.05, 4.69) is 12.2 Å². The van der Waals surface area contributed by atoms with Crippen molar-refractivity contribution in [1.82, 2.24) is 15.1 Å². The lowest BCUT2D eigenvalue weighted by atomic mass is 10.1. The number of nitrogens with one attached hydrogen (secondary N) is 1. The lowest BCUT2D eigenvalue weighted by Gasteiger charge is -2.34. The van der Waals surface area contributed by atoms with Gasteiger partial charge in [-0.2, -0.15) is 0 Å². The molecule has 0 bridgehead atoms. The van der Waals surface area contributed by atoms with Gasteiger partial charge in [-0.15, -0.1) is 0 Å². The molecule has 0 radical (unpaired) electrons. The third-order valence-corrected chi connectivity index (χ3v) is 4.58. The van der Waals surface area contributed by atoms with E-state index in [1.807, 2.05) is 24.3 Å². The summed E-state index contributed by atoms with van der Waals surface area (Å²) in [6, 6.07) is 11.1. The molecule has 7 nitrogen and oxygen atoms in total. The fourth-order valence-corrected chi connectivity index (χ4v) is 3.04. The predicted octanol–water partition coefficient (Wildman–Crippen LogP) is 2.39. The third kappa shape index (κ3) is 4.81. The van der Waals surface area contributed by atoms with Crippen molar-refractivity contribution in [2.45, 2.75) is 13.3 Å². The quantitative estimate of drug-likeness (QED) is 0.791. The normalized spacial score (nSPS) is 14.1. The minimum absolute atomic E-state index is 0.132. The van der Waals surface area contributed by atoms with Crippen LogP contribution in [-0.2, 0) is 6.42 Å². The maximum atomic E-state index is 12.3. The van der Waals surface area contributed by atoms with Crippen LogP contribution in [0.2, 0.25) is 0 Å². The first-order valence-corrected chi connectivity index (χ1v) is 9.25. The molecule has 1 aromatic heterocycles. The van der Waals surface area contributed by atoms with Crippen molar-refractivity contribution >= 4 is 11.9 Å². The number of para-hydroxylation sites is 1. The maximum absolute atomic E-state index is 12.3. The Labute approximate surface area is 158 Å². The molecular formula is C20H25N3O4. The molecular weight excluding hydrogens is 346 g/mol. The number of furan rings is 1. The summed E-state index contributed by atoms with van der Waals surface area (Å²) in [5, 5.41) is 2.87. The van der Waals surface area contributed by atoms with Crippen LogP contribution in [-0.4, -0.2) is 61.1 Å². The molecule has 1 fully saturated rings. The summed E-state index contributed by atoms with van der Waals surface area (Å²) in [6.07, 6.45) is 2.39. The molecule has 0 aliphatic carbocycles. The fourth-order valence-electron chi connectivity index (χ4n) is 3.04. The second-order valence-electron chi connectivity index (χ2n) is 6.30. The van der Waals surface area contributed by atoms with E-state index < -0.39 is 0 Å². The number of urea groups is 1. The lowest BCUT2D eigenvalue weighted by Crippen LogP contribution is -2.53. The van der Waals surface area contributed by atoms with E-state index in [4.69, 9.17) is 9.15 Å². The molecule has 144 valence electrons. The zero-order chi connectivity index (χ0) is 19.1. The molecule has 0 atom stereocenters. The molecule has 0 spiro atoms. The molecule has 1 aromatic carbocycles. The second-order valence-corrected chi connectivity index (χ2v) is 6.30. The highest BCUT2D eigenvalue weighted by Gasteiger charge is 2.25. The number of aryl methyl sites for hydroxylation is 1. The van der Waals surface area contributed by atoms with Crippen LogP contribution >= 0.6 is 0 Å². The monoisotopic (exact) mass is 371 g/mol. The van der Waals surface area contributed by atoms with Gasteiger partial charge in [0.1, 0.15) is 12.4 Å². The molecule has 1 saturated heterocycles. The van der Waals surface area contributed by atoms with E-state index in [0.29, 0.717) is 45.1 Å². The molecule has 2 heterocycles. The van der Waals surface area contributed by atoms with Gasteiger partial charge in [0.25, 0.3) is 5.91 Å². The van der Waals surface area contributed by atoms with Gasteiger partial charge in [-0.3, -0.25) is 4.79 Å². The SMILES string of the molecule is CCc1ccccc1OCCNC(=O)N1CCN(C(=O)c2ccco2)CC1. The number of hydrogen-bond donors (Lipinski definition) is 1. The Morgan fingerprint density at radius 2 is 1.81 bits per heavy atom. The summed E-state index contributed by atoms with van der Waals surface area (Å²) in [7, 11) is 0. The Kier molecular flexibility index (Phi) is 6.35. The molecule has 27 heavy (non-hydrogen) atoms. The molecule has 1 N–H and O–H groups in total. The average molecular weight is 371 g/mol. The summed E-state index contributed by atoms with van der Waals surface area (Å²) < 4.78 is 10.9. The zero-order valence-electron chi connectivity index (χ0n) is 15.5. The van der Waals surface area contributed by atoms with Gasteiger partial charge >= 0.3 is 6.03 Å². The van der Waals surface area contributed by atoms with Crippen molar-refractivity contribution < 1.29 is 18.7 Å². The highest BCUT2D eigenvalue weighted by atomic mass is 16.5. The van der Waals surface area contributed by atoms with Gasteiger partial charge < -0.3 is 24.3 Å². The van der Waals surface area contributed by atoms with Crippen molar-refractivity contribution in [3.63, 3.8) is 0 Å². The van der Waals surface area contributed by atoms with E-state index in [0.717, 1.165) is 17.7 Å². The Morgan fingerprint density at radius 3 is 2.52 bits per heavy atom. The number of hydrogen-bond acceptors (Lipinski definition) is 4. The van der Waals surface area contributed by atoms with E-state index in [1.165, 1.54) is 6.26 Å². The molecule has 7 heteroatoms. The van der Waals surface area contributed by atoms with Gasteiger partial charge in [0.15, 0.2) is 5.76 Å². The minimum atomic E-state index is -0.136. The molecule has 0 unspecified atom stereocenters. The maximum Gasteiger partial charge on any atom is 0.317 e. The molecule has 1 aliphatic rings. The minimum Gasteiger partial charge on any atom is -0.491 e. The largest absolute Gasteiger partial charge is 0.491 e. The van der Waals surface area contributed by atoms with E-state index in [9.17, 15) is 9.59 Å². The van der Waals surface area contributed by atoms with Crippen LogP contribution < -0.4 is 10.1 Å². The zero-order valence-corrected chi connectivity index (χ0v) is 15.5. The number of carbonyl (C=O) groups excluding carboxylic acids is 2. The Bertz CT molecular complexity index is 752. The van der Waals surface area contributed by atoms with Gasteiger partial charge in [-0.25, -0.2) is 4.79 Å². The predicted molar refractivity (Wildman–Crippen MR) is 101 cm³/mol. The average Bonchev–Trinajstić information content (AvgIpc) is 3.25. The van der Waals surface area contributed by atoms with Gasteiger partial charge in [0, 0.05) is 26.2 Å². The van der Waals surface area contributed by atoms with Gasteiger partial charge in [0.05, 0.1) is 12.8 Å². The standard InChI is InChI=1S/C20H25N3O4/c1-2-16-6-3-4-7-17(16)27-15-9-21-20(25)23-12-10-22(11-13-23)19(24)18-8-5-14-26-18/h3-8,14H,2,9-13,15H2,1H3,(H,21,25). The Morgan fingerprint density at radius 1 is 1.07 bits per heavy atom. The van der Waals surface area contributed by atoms with Gasteiger partial charge in [-0.05, 0) is 30.2 Å². The summed E-state index contributed by atoms with van der Waals surface area (Å²) in [5.41, 5.74) is 1.15. The van der Waals surface area contributed by atoms with Crippen molar-refractivity contribution in [2.24, 2.45) is 0 Å². The van der Waals surface area contributed by atoms with E-state index in [1.54, 1.807) is 21.9 Å². The Hall–Kier alpha value is -2.96. The van der Waals surface area contributed by atoms with Crippen molar-refractivity contribution in [3.05, 3.63) is 54.0 Å². The summed E-state index contributed by atoms with van der Waals surface area (Å²) >= 11 is 0. The molecule has 2 aromatic rings. The first-order valence-electron chi connectivity index (χ1n) is 9.25. The first-order chi connectivity index (χ1) is 13.2.